The number of nitrogens with zero attached hydrogens (tertiary/aromatic N) is 4. The standard InChI is InChI=1S/C50H44N4O/c1-3-14-33(15-4-1)37-20-13-21-38(34-16-5-2-6-17-34)49(37)47-32-52-50-43-30-35(25-27-39(43)40-18-7-10-23-45(40)54(47)50)55-36-26-28-42-41-19-8-9-22-44(41)53(46(42)31-36)48-24-11-12-29-51-48/h7-13,18-34H,1-6,14-17H2. The first kappa shape index (κ1) is 32.5. The molecule has 2 aliphatic rings. The van der Waals surface area contributed by atoms with Crippen molar-refractivity contribution >= 4 is 49.1 Å². The molecule has 55 heavy (non-hydrogen) atoms. The van der Waals surface area contributed by atoms with Crippen LogP contribution in [0.25, 0.3) is 66.2 Å². The fraction of sp³-hybridized carbons (Fsp3) is 0.240. The highest BCUT2D eigenvalue weighted by Crippen LogP contribution is 2.46. The maximum atomic E-state index is 6.76. The minimum atomic E-state index is 0.596. The molecule has 2 fully saturated rings. The number of rotatable bonds is 6. The van der Waals surface area contributed by atoms with Crippen LogP contribution in [0.5, 0.6) is 11.5 Å². The Morgan fingerprint density at radius 1 is 0.491 bits per heavy atom. The van der Waals surface area contributed by atoms with Gasteiger partial charge < -0.3 is 4.74 Å². The normalized spacial score (nSPS) is 15.9. The highest BCUT2D eigenvalue weighted by atomic mass is 16.5. The highest BCUT2D eigenvalue weighted by Gasteiger charge is 2.28. The van der Waals surface area contributed by atoms with Crippen LogP contribution in [0.3, 0.4) is 0 Å². The fourth-order valence-corrected chi connectivity index (χ4v) is 10.1. The summed E-state index contributed by atoms with van der Waals surface area (Å²) in [4.78, 5) is 10.0. The lowest BCUT2D eigenvalue weighted by Crippen LogP contribution is -2.12. The third-order valence-electron chi connectivity index (χ3n) is 12.7. The van der Waals surface area contributed by atoms with Gasteiger partial charge in [-0.25, -0.2) is 9.97 Å². The Morgan fingerprint density at radius 3 is 1.82 bits per heavy atom. The van der Waals surface area contributed by atoms with Crippen LogP contribution in [0.15, 0.2) is 134 Å². The van der Waals surface area contributed by atoms with E-state index < -0.39 is 0 Å². The highest BCUT2D eigenvalue weighted by molar-refractivity contribution is 6.13. The Labute approximate surface area is 321 Å². The molecule has 11 rings (SSSR count). The molecule has 2 aliphatic carbocycles. The second-order valence-corrected chi connectivity index (χ2v) is 15.8. The summed E-state index contributed by atoms with van der Waals surface area (Å²) in [7, 11) is 0. The molecule has 2 saturated carbocycles. The number of pyridine rings is 2. The third kappa shape index (κ3) is 5.43. The van der Waals surface area contributed by atoms with Gasteiger partial charge >= 0.3 is 0 Å². The zero-order valence-electron chi connectivity index (χ0n) is 31.1. The van der Waals surface area contributed by atoms with E-state index >= 15 is 0 Å². The first-order valence-electron chi connectivity index (χ1n) is 20.4. The molecular formula is C50H44N4O. The van der Waals surface area contributed by atoms with Crippen LogP contribution in [0.4, 0.5) is 0 Å². The summed E-state index contributed by atoms with van der Waals surface area (Å²) in [6.07, 6.45) is 17.1. The van der Waals surface area contributed by atoms with Crippen LogP contribution in [0, 0.1) is 0 Å². The van der Waals surface area contributed by atoms with E-state index in [0.717, 1.165) is 39.4 Å². The number of fused-ring (bicyclic) bond motifs is 9. The first-order valence-corrected chi connectivity index (χ1v) is 20.4. The summed E-state index contributed by atoms with van der Waals surface area (Å²) in [6.45, 7) is 0. The summed E-state index contributed by atoms with van der Waals surface area (Å²) in [5.74, 6) is 3.65. The number of para-hydroxylation sites is 2. The van der Waals surface area contributed by atoms with E-state index in [0.29, 0.717) is 11.8 Å². The van der Waals surface area contributed by atoms with Gasteiger partial charge in [-0.2, -0.15) is 0 Å². The maximum absolute atomic E-state index is 6.76. The number of ether oxygens (including phenoxy) is 1. The van der Waals surface area contributed by atoms with Crippen molar-refractivity contribution in [3.8, 4) is 28.6 Å². The minimum absolute atomic E-state index is 0.596. The number of aromatic nitrogens is 4. The molecule has 0 aliphatic heterocycles. The van der Waals surface area contributed by atoms with E-state index in [9.17, 15) is 0 Å². The lowest BCUT2D eigenvalue weighted by Gasteiger charge is -2.29. The van der Waals surface area contributed by atoms with Crippen molar-refractivity contribution in [3.05, 3.63) is 145 Å². The molecule has 5 aromatic carbocycles. The summed E-state index contributed by atoms with van der Waals surface area (Å²) in [6, 6.07) is 43.6. The minimum Gasteiger partial charge on any atom is -0.457 e. The number of imidazole rings is 1. The average molecular weight is 717 g/mol. The van der Waals surface area contributed by atoms with Gasteiger partial charge in [-0.15, -0.1) is 0 Å². The number of hydrogen-bond donors (Lipinski definition) is 0. The summed E-state index contributed by atoms with van der Waals surface area (Å²) >= 11 is 0. The molecular weight excluding hydrogens is 673 g/mol. The molecule has 0 N–H and O–H groups in total. The van der Waals surface area contributed by atoms with Crippen molar-refractivity contribution in [1.82, 2.24) is 18.9 Å². The van der Waals surface area contributed by atoms with Gasteiger partial charge in [-0.1, -0.05) is 99.2 Å². The van der Waals surface area contributed by atoms with Gasteiger partial charge in [-0.05, 0) is 109 Å². The van der Waals surface area contributed by atoms with E-state index in [1.165, 1.54) is 114 Å². The molecule has 0 amide bonds. The zero-order valence-corrected chi connectivity index (χ0v) is 31.1. The maximum Gasteiger partial charge on any atom is 0.145 e. The van der Waals surface area contributed by atoms with Crippen LogP contribution in [-0.2, 0) is 0 Å². The van der Waals surface area contributed by atoms with E-state index in [-0.39, 0.29) is 0 Å². The van der Waals surface area contributed by atoms with Crippen LogP contribution in [-0.4, -0.2) is 18.9 Å². The fourth-order valence-electron chi connectivity index (χ4n) is 10.1. The lowest BCUT2D eigenvalue weighted by molar-refractivity contribution is 0.436. The van der Waals surface area contributed by atoms with Gasteiger partial charge in [0.15, 0.2) is 0 Å². The van der Waals surface area contributed by atoms with Crippen LogP contribution >= 0.6 is 0 Å². The molecule has 9 aromatic rings. The number of hydrogen-bond acceptors (Lipinski definition) is 3. The molecule has 0 atom stereocenters. The van der Waals surface area contributed by atoms with E-state index in [1.54, 1.807) is 0 Å². The molecule has 4 heterocycles. The monoisotopic (exact) mass is 716 g/mol. The third-order valence-corrected chi connectivity index (χ3v) is 12.7. The van der Waals surface area contributed by atoms with Crippen LogP contribution in [0.2, 0.25) is 0 Å². The SMILES string of the molecule is c1ccc(-n2c3ccccc3c3ccc(Oc4ccc5c6ccccc6n6c(-c7c(C8CCCCC8)cccc7C7CCCCC7)cnc6c5c4)cc32)nc1. The van der Waals surface area contributed by atoms with Gasteiger partial charge in [-0.3, -0.25) is 8.97 Å². The van der Waals surface area contributed by atoms with Gasteiger partial charge in [0.05, 0.1) is 28.4 Å². The Balaban J connectivity index is 1.08. The molecule has 270 valence electrons. The second kappa shape index (κ2) is 13.4. The number of benzene rings is 5. The van der Waals surface area contributed by atoms with Crippen molar-refractivity contribution in [2.24, 2.45) is 0 Å². The van der Waals surface area contributed by atoms with E-state index in [4.69, 9.17) is 14.7 Å². The molecule has 0 bridgehead atoms. The molecule has 0 spiro atoms. The van der Waals surface area contributed by atoms with Crippen molar-refractivity contribution in [2.45, 2.75) is 76.0 Å². The Hall–Kier alpha value is -5.94. The van der Waals surface area contributed by atoms with Crippen molar-refractivity contribution in [3.63, 3.8) is 0 Å². The van der Waals surface area contributed by atoms with Crippen molar-refractivity contribution in [2.75, 3.05) is 0 Å². The van der Waals surface area contributed by atoms with Crippen LogP contribution < -0.4 is 4.74 Å². The summed E-state index contributed by atoms with van der Waals surface area (Å²) < 4.78 is 11.5. The second-order valence-electron chi connectivity index (χ2n) is 15.8. The van der Waals surface area contributed by atoms with Gasteiger partial charge in [0.2, 0.25) is 0 Å². The quantitative estimate of drug-likeness (QED) is 0.161. The average Bonchev–Trinajstić information content (AvgIpc) is 3.84. The Kier molecular flexibility index (Phi) is 7.93. The molecule has 5 nitrogen and oxygen atoms in total. The predicted octanol–water partition coefficient (Wildman–Crippen LogP) is 13.7. The van der Waals surface area contributed by atoms with Gasteiger partial charge in [0.25, 0.3) is 0 Å². The predicted molar refractivity (Wildman–Crippen MR) is 226 cm³/mol. The largest absolute Gasteiger partial charge is 0.457 e. The zero-order chi connectivity index (χ0) is 36.3. The summed E-state index contributed by atoms with van der Waals surface area (Å²) in [5.41, 5.74) is 10.1. The van der Waals surface area contributed by atoms with E-state index in [2.05, 4.69) is 124 Å². The van der Waals surface area contributed by atoms with Gasteiger partial charge in [0, 0.05) is 39.4 Å². The lowest BCUT2D eigenvalue weighted by atomic mass is 9.76. The Bertz CT molecular complexity index is 2840. The Morgan fingerprint density at radius 2 is 1.11 bits per heavy atom. The smallest absolute Gasteiger partial charge is 0.145 e. The molecule has 0 unspecified atom stereocenters. The van der Waals surface area contributed by atoms with Crippen molar-refractivity contribution < 1.29 is 4.74 Å². The molecule has 4 aromatic heterocycles. The van der Waals surface area contributed by atoms with Crippen LogP contribution in [0.1, 0.15) is 87.2 Å². The van der Waals surface area contributed by atoms with E-state index in [1.807, 2.05) is 18.3 Å². The topological polar surface area (TPSA) is 44.4 Å². The first-order chi connectivity index (χ1) is 27.3. The molecule has 0 radical (unpaired) electrons. The summed E-state index contributed by atoms with van der Waals surface area (Å²) in [5, 5.41) is 5.88. The van der Waals surface area contributed by atoms with Crippen molar-refractivity contribution in [1.29, 1.82) is 0 Å². The molecule has 5 heteroatoms. The molecule has 0 saturated heterocycles. The van der Waals surface area contributed by atoms with Gasteiger partial charge in [0.1, 0.15) is 23.0 Å².